The van der Waals surface area contributed by atoms with Crippen molar-refractivity contribution in [1.29, 1.82) is 0 Å². The maximum atomic E-state index is 11.5. The van der Waals surface area contributed by atoms with Crippen molar-refractivity contribution in [2.45, 2.75) is 13.0 Å². The van der Waals surface area contributed by atoms with E-state index >= 15 is 0 Å². The highest BCUT2D eigenvalue weighted by atomic mass is 35.5. The predicted octanol–water partition coefficient (Wildman–Crippen LogP) is 1.69. The van der Waals surface area contributed by atoms with Crippen molar-refractivity contribution in [1.82, 2.24) is 4.90 Å². The lowest BCUT2D eigenvalue weighted by Crippen LogP contribution is -2.26. The minimum absolute atomic E-state index is 0.0977. The number of ether oxygens (including phenoxy) is 1. The number of amides is 1. The second-order valence-electron chi connectivity index (χ2n) is 3.69. The van der Waals surface area contributed by atoms with Crippen LogP contribution >= 0.6 is 11.6 Å². The number of carbonyl (C=O) groups is 1. The lowest BCUT2D eigenvalue weighted by atomic mass is 10.2. The number of rotatable bonds is 5. The summed E-state index contributed by atoms with van der Waals surface area (Å²) in [6.07, 6.45) is 0.139. The molecule has 1 N–H and O–H groups in total. The second kappa shape index (κ2) is 6.47. The number of carbonyl (C=O) groups excluding carboxylic acids is 1. The molecule has 0 aliphatic rings. The van der Waals surface area contributed by atoms with E-state index in [0.717, 1.165) is 5.56 Å². The zero-order chi connectivity index (χ0) is 12.8. The third-order valence-corrected chi connectivity index (χ3v) is 2.68. The van der Waals surface area contributed by atoms with E-state index in [9.17, 15) is 4.79 Å². The Labute approximate surface area is 106 Å². The molecule has 4 nitrogen and oxygen atoms in total. The minimum Gasteiger partial charge on any atom is -0.495 e. The Morgan fingerprint density at radius 3 is 2.76 bits per heavy atom. The van der Waals surface area contributed by atoms with Crippen LogP contribution in [-0.2, 0) is 11.3 Å². The molecule has 1 aromatic rings. The molecular weight excluding hydrogens is 242 g/mol. The summed E-state index contributed by atoms with van der Waals surface area (Å²) in [5.74, 6) is 0.513. The molecule has 0 fully saturated rings. The molecule has 0 atom stereocenters. The van der Waals surface area contributed by atoms with Gasteiger partial charge in [0.1, 0.15) is 5.75 Å². The number of nitrogens with zero attached hydrogens (tertiary/aromatic N) is 1. The number of methoxy groups -OCH3 is 1. The lowest BCUT2D eigenvalue weighted by Gasteiger charge is -2.17. The summed E-state index contributed by atoms with van der Waals surface area (Å²) in [6, 6.07) is 5.39. The van der Waals surface area contributed by atoms with E-state index in [0.29, 0.717) is 17.3 Å². The van der Waals surface area contributed by atoms with Gasteiger partial charge in [0.25, 0.3) is 0 Å². The molecular formula is C12H16ClNO3. The van der Waals surface area contributed by atoms with Gasteiger partial charge in [0.15, 0.2) is 0 Å². The molecule has 0 aromatic heterocycles. The normalized spacial score (nSPS) is 10.1. The van der Waals surface area contributed by atoms with Crippen LogP contribution in [0.25, 0.3) is 0 Å². The van der Waals surface area contributed by atoms with Crippen molar-refractivity contribution in [2.75, 3.05) is 20.8 Å². The highest BCUT2D eigenvalue weighted by Gasteiger charge is 2.09. The van der Waals surface area contributed by atoms with Crippen LogP contribution in [0.5, 0.6) is 5.75 Å². The van der Waals surface area contributed by atoms with E-state index in [1.165, 1.54) is 0 Å². The van der Waals surface area contributed by atoms with E-state index in [-0.39, 0.29) is 18.9 Å². The highest BCUT2D eigenvalue weighted by molar-refractivity contribution is 6.32. The maximum absolute atomic E-state index is 11.5. The first kappa shape index (κ1) is 13.8. The Hall–Kier alpha value is -1.26. The summed E-state index contributed by atoms with van der Waals surface area (Å²) in [5.41, 5.74) is 0.921. The molecule has 5 heteroatoms. The maximum Gasteiger partial charge on any atom is 0.224 e. The van der Waals surface area contributed by atoms with E-state index in [1.807, 2.05) is 6.07 Å². The van der Waals surface area contributed by atoms with Gasteiger partial charge in [-0.1, -0.05) is 17.7 Å². The molecule has 1 rings (SSSR count). The van der Waals surface area contributed by atoms with Crippen molar-refractivity contribution in [2.24, 2.45) is 0 Å². The average Bonchev–Trinajstić information content (AvgIpc) is 2.29. The molecule has 1 amide bonds. The zero-order valence-electron chi connectivity index (χ0n) is 9.94. The quantitative estimate of drug-likeness (QED) is 0.873. The molecule has 0 saturated carbocycles. The number of hydrogen-bond donors (Lipinski definition) is 1. The Morgan fingerprint density at radius 1 is 1.53 bits per heavy atom. The number of hydrogen-bond acceptors (Lipinski definition) is 3. The van der Waals surface area contributed by atoms with Gasteiger partial charge in [-0.25, -0.2) is 0 Å². The van der Waals surface area contributed by atoms with Gasteiger partial charge in [-0.05, 0) is 17.7 Å². The van der Waals surface area contributed by atoms with Crippen LogP contribution in [0.2, 0.25) is 5.02 Å². The first-order chi connectivity index (χ1) is 8.08. The molecule has 94 valence electrons. The van der Waals surface area contributed by atoms with Crippen LogP contribution in [0, 0.1) is 0 Å². The lowest BCUT2D eigenvalue weighted by molar-refractivity contribution is -0.131. The third kappa shape index (κ3) is 3.91. The topological polar surface area (TPSA) is 49.8 Å². The fraction of sp³-hybridized carbons (Fsp3) is 0.417. The second-order valence-corrected chi connectivity index (χ2v) is 4.10. The molecule has 0 aliphatic carbocycles. The number of aliphatic hydroxyl groups is 1. The highest BCUT2D eigenvalue weighted by Crippen LogP contribution is 2.25. The first-order valence-electron chi connectivity index (χ1n) is 5.25. The van der Waals surface area contributed by atoms with Crippen molar-refractivity contribution >= 4 is 17.5 Å². The fourth-order valence-electron chi connectivity index (χ4n) is 1.46. The van der Waals surface area contributed by atoms with Crippen LogP contribution in [0.1, 0.15) is 12.0 Å². The summed E-state index contributed by atoms with van der Waals surface area (Å²) >= 11 is 5.99. The first-order valence-corrected chi connectivity index (χ1v) is 5.63. The van der Waals surface area contributed by atoms with Crippen molar-refractivity contribution in [3.05, 3.63) is 28.8 Å². The fourth-order valence-corrected chi connectivity index (χ4v) is 1.74. The summed E-state index contributed by atoms with van der Waals surface area (Å²) in [6.45, 7) is 0.328. The van der Waals surface area contributed by atoms with E-state index in [1.54, 1.807) is 31.2 Å². The van der Waals surface area contributed by atoms with Gasteiger partial charge >= 0.3 is 0 Å². The molecule has 0 bridgehead atoms. The molecule has 0 unspecified atom stereocenters. The zero-order valence-corrected chi connectivity index (χ0v) is 10.7. The van der Waals surface area contributed by atoms with Gasteiger partial charge in [-0.3, -0.25) is 4.79 Å². The molecule has 0 spiro atoms. The van der Waals surface area contributed by atoms with E-state index in [4.69, 9.17) is 21.4 Å². The molecule has 0 heterocycles. The molecule has 0 radical (unpaired) electrons. The van der Waals surface area contributed by atoms with Gasteiger partial charge in [-0.2, -0.15) is 0 Å². The average molecular weight is 258 g/mol. The Morgan fingerprint density at radius 2 is 2.24 bits per heavy atom. The molecule has 1 aromatic carbocycles. The van der Waals surface area contributed by atoms with Gasteiger partial charge in [0, 0.05) is 20.0 Å². The molecule has 17 heavy (non-hydrogen) atoms. The Bertz CT molecular complexity index is 395. The largest absolute Gasteiger partial charge is 0.495 e. The third-order valence-electron chi connectivity index (χ3n) is 2.39. The van der Waals surface area contributed by atoms with Gasteiger partial charge in [-0.15, -0.1) is 0 Å². The van der Waals surface area contributed by atoms with Crippen LogP contribution in [-0.4, -0.2) is 36.7 Å². The molecule has 0 aliphatic heterocycles. The number of aliphatic hydroxyl groups excluding tert-OH is 1. The summed E-state index contributed by atoms with van der Waals surface area (Å²) in [4.78, 5) is 13.0. The van der Waals surface area contributed by atoms with E-state index in [2.05, 4.69) is 0 Å². The van der Waals surface area contributed by atoms with Crippen LogP contribution < -0.4 is 4.74 Å². The Kier molecular flexibility index (Phi) is 5.25. The summed E-state index contributed by atoms with van der Waals surface area (Å²) in [5, 5.41) is 9.20. The van der Waals surface area contributed by atoms with Crippen molar-refractivity contribution < 1.29 is 14.6 Å². The standard InChI is InChI=1S/C12H16ClNO3/c1-14(12(16)5-6-15)8-9-3-4-11(17-2)10(13)7-9/h3-4,7,15H,5-6,8H2,1-2H3. The summed E-state index contributed by atoms with van der Waals surface area (Å²) < 4.78 is 5.05. The van der Waals surface area contributed by atoms with Crippen LogP contribution in [0.4, 0.5) is 0 Å². The Balaban J connectivity index is 2.68. The van der Waals surface area contributed by atoms with Crippen molar-refractivity contribution in [3.63, 3.8) is 0 Å². The van der Waals surface area contributed by atoms with Gasteiger partial charge < -0.3 is 14.7 Å². The van der Waals surface area contributed by atoms with Crippen LogP contribution in [0.15, 0.2) is 18.2 Å². The van der Waals surface area contributed by atoms with E-state index < -0.39 is 0 Å². The van der Waals surface area contributed by atoms with Crippen LogP contribution in [0.3, 0.4) is 0 Å². The van der Waals surface area contributed by atoms with Gasteiger partial charge in [0.05, 0.1) is 18.7 Å². The monoisotopic (exact) mass is 257 g/mol. The summed E-state index contributed by atoms with van der Waals surface area (Å²) in [7, 11) is 3.24. The predicted molar refractivity (Wildman–Crippen MR) is 66.2 cm³/mol. The number of halogens is 1. The van der Waals surface area contributed by atoms with Crippen molar-refractivity contribution in [3.8, 4) is 5.75 Å². The smallest absolute Gasteiger partial charge is 0.224 e. The molecule has 0 saturated heterocycles. The van der Waals surface area contributed by atoms with Gasteiger partial charge in [0.2, 0.25) is 5.91 Å². The number of benzene rings is 1. The minimum atomic E-state index is -0.132. The SMILES string of the molecule is COc1ccc(CN(C)C(=O)CCO)cc1Cl.